The summed E-state index contributed by atoms with van der Waals surface area (Å²) < 4.78 is 29.3. The lowest BCUT2D eigenvalue weighted by atomic mass is 10.1. The number of alkyl halides is 2. The normalized spacial score (nSPS) is 10.9. The largest absolute Gasteiger partial charge is 0.487 e. The minimum absolute atomic E-state index is 0.541. The molecule has 0 bridgehead atoms. The van der Waals surface area contributed by atoms with Crippen molar-refractivity contribution in [2.24, 2.45) is 0 Å². The molecule has 1 aromatic carbocycles. The average molecular weight is 243 g/mol. The Morgan fingerprint density at radius 3 is 2.76 bits per heavy atom. The summed E-state index contributed by atoms with van der Waals surface area (Å²) in [4.78, 5) is 0. The molecule has 0 aliphatic carbocycles. The van der Waals surface area contributed by atoms with Crippen LogP contribution in [0.4, 0.5) is 8.78 Å². The van der Waals surface area contributed by atoms with E-state index in [2.05, 4.69) is 12.2 Å². The second-order valence-corrected chi connectivity index (χ2v) is 3.99. The quantitative estimate of drug-likeness (QED) is 0.743. The first-order valence-corrected chi connectivity index (χ1v) is 5.84. The Morgan fingerprint density at radius 2 is 2.12 bits per heavy atom. The minimum Gasteiger partial charge on any atom is -0.487 e. The average Bonchev–Trinajstić information content (AvgIpc) is 2.28. The van der Waals surface area contributed by atoms with Crippen LogP contribution >= 0.6 is 0 Å². The fourth-order valence-corrected chi connectivity index (χ4v) is 1.54. The van der Waals surface area contributed by atoms with E-state index in [0.29, 0.717) is 12.3 Å². The molecule has 1 aromatic rings. The van der Waals surface area contributed by atoms with Gasteiger partial charge in [-0.3, -0.25) is 0 Å². The first-order valence-electron chi connectivity index (χ1n) is 5.84. The van der Waals surface area contributed by atoms with Gasteiger partial charge in [0.2, 0.25) is 0 Å². The van der Waals surface area contributed by atoms with Crippen molar-refractivity contribution in [1.82, 2.24) is 5.32 Å². The van der Waals surface area contributed by atoms with Crippen LogP contribution in [0.15, 0.2) is 18.2 Å². The lowest BCUT2D eigenvalue weighted by Crippen LogP contribution is -2.16. The molecular weight excluding hydrogens is 224 g/mol. The highest BCUT2D eigenvalue weighted by Gasteiger charge is 2.07. The molecular formula is C13H19F2NO. The van der Waals surface area contributed by atoms with Crippen molar-refractivity contribution in [1.29, 1.82) is 0 Å². The van der Waals surface area contributed by atoms with Gasteiger partial charge in [0, 0.05) is 12.1 Å². The Hall–Kier alpha value is -1.16. The number of nitrogens with one attached hydrogen (secondary N) is 1. The topological polar surface area (TPSA) is 21.3 Å². The van der Waals surface area contributed by atoms with Crippen molar-refractivity contribution in [3.8, 4) is 5.75 Å². The molecule has 0 aliphatic heterocycles. The maximum absolute atomic E-state index is 12.1. The second-order valence-electron chi connectivity index (χ2n) is 3.99. The molecule has 0 unspecified atom stereocenters. The molecule has 0 amide bonds. The molecule has 0 fully saturated rings. The summed E-state index contributed by atoms with van der Waals surface area (Å²) in [5.41, 5.74) is 2.03. The number of rotatable bonds is 7. The van der Waals surface area contributed by atoms with Crippen LogP contribution < -0.4 is 10.1 Å². The van der Waals surface area contributed by atoms with Gasteiger partial charge in [-0.15, -0.1) is 0 Å². The maximum Gasteiger partial charge on any atom is 0.272 e. The highest BCUT2D eigenvalue weighted by atomic mass is 19.3. The van der Waals surface area contributed by atoms with E-state index in [9.17, 15) is 8.78 Å². The third kappa shape index (κ3) is 5.13. The molecule has 96 valence electrons. The summed E-state index contributed by atoms with van der Waals surface area (Å²) in [7, 11) is 0. The summed E-state index contributed by atoms with van der Waals surface area (Å²) in [5.74, 6) is 0.541. The monoisotopic (exact) mass is 243 g/mol. The van der Waals surface area contributed by atoms with Gasteiger partial charge in [0.25, 0.3) is 6.43 Å². The lowest BCUT2D eigenvalue weighted by Gasteiger charge is -2.12. The van der Waals surface area contributed by atoms with Gasteiger partial charge in [-0.25, -0.2) is 8.78 Å². The molecule has 4 heteroatoms. The Kier molecular flexibility index (Phi) is 5.91. The molecule has 0 saturated carbocycles. The number of aryl methyl sites for hydroxylation is 1. The summed E-state index contributed by atoms with van der Waals surface area (Å²) in [5, 5.41) is 3.24. The number of ether oxygens (including phenoxy) is 1. The molecule has 0 aliphatic rings. The van der Waals surface area contributed by atoms with E-state index in [1.54, 1.807) is 6.07 Å². The molecule has 17 heavy (non-hydrogen) atoms. The third-order valence-electron chi connectivity index (χ3n) is 2.32. The molecule has 0 spiro atoms. The van der Waals surface area contributed by atoms with Gasteiger partial charge >= 0.3 is 0 Å². The number of hydrogen-bond donors (Lipinski definition) is 1. The SMILES string of the molecule is CCCNCc1cc(C)ccc1OCC(F)F. The van der Waals surface area contributed by atoms with Crippen LogP contribution in [0.3, 0.4) is 0 Å². The first-order chi connectivity index (χ1) is 8.13. The summed E-state index contributed by atoms with van der Waals surface area (Å²) in [6.07, 6.45) is -1.40. The Labute approximate surface area is 101 Å². The highest BCUT2D eigenvalue weighted by molar-refractivity contribution is 5.36. The number of hydrogen-bond acceptors (Lipinski definition) is 2. The van der Waals surface area contributed by atoms with Crippen molar-refractivity contribution in [2.45, 2.75) is 33.2 Å². The lowest BCUT2D eigenvalue weighted by molar-refractivity contribution is 0.0813. The van der Waals surface area contributed by atoms with E-state index in [4.69, 9.17) is 4.74 Å². The molecule has 0 radical (unpaired) electrons. The first kappa shape index (κ1) is 13.9. The predicted octanol–water partition coefficient (Wildman–Crippen LogP) is 3.14. The van der Waals surface area contributed by atoms with E-state index in [1.165, 1.54) is 0 Å². The summed E-state index contributed by atoms with van der Waals surface area (Å²) in [6, 6.07) is 5.58. The van der Waals surface area contributed by atoms with E-state index in [0.717, 1.165) is 24.1 Å². The van der Waals surface area contributed by atoms with Crippen LogP contribution in [0.1, 0.15) is 24.5 Å². The fourth-order valence-electron chi connectivity index (χ4n) is 1.54. The van der Waals surface area contributed by atoms with Gasteiger partial charge in [-0.1, -0.05) is 24.6 Å². The van der Waals surface area contributed by atoms with E-state index < -0.39 is 13.0 Å². The van der Waals surface area contributed by atoms with E-state index in [-0.39, 0.29) is 0 Å². The Bertz CT molecular complexity index is 342. The summed E-state index contributed by atoms with van der Waals surface area (Å²) >= 11 is 0. The van der Waals surface area contributed by atoms with Gasteiger partial charge in [-0.05, 0) is 26.0 Å². The molecule has 2 nitrogen and oxygen atoms in total. The van der Waals surface area contributed by atoms with Gasteiger partial charge in [0.15, 0.2) is 0 Å². The van der Waals surface area contributed by atoms with Crippen molar-refractivity contribution in [3.05, 3.63) is 29.3 Å². The molecule has 0 aromatic heterocycles. The smallest absolute Gasteiger partial charge is 0.272 e. The standard InChI is InChI=1S/C13H19F2NO/c1-3-6-16-8-11-7-10(2)4-5-12(11)17-9-13(14)15/h4-5,7,13,16H,3,6,8-9H2,1-2H3. The minimum atomic E-state index is -2.44. The van der Waals surface area contributed by atoms with Gasteiger partial charge in [0.1, 0.15) is 12.4 Å². The molecule has 0 saturated heterocycles. The summed E-state index contributed by atoms with van der Waals surface area (Å²) in [6.45, 7) is 5.05. The van der Waals surface area contributed by atoms with Gasteiger partial charge in [0.05, 0.1) is 0 Å². The van der Waals surface area contributed by atoms with Gasteiger partial charge in [-0.2, -0.15) is 0 Å². The van der Waals surface area contributed by atoms with Crippen molar-refractivity contribution < 1.29 is 13.5 Å². The van der Waals surface area contributed by atoms with Crippen LogP contribution in [0.2, 0.25) is 0 Å². The molecule has 0 atom stereocenters. The van der Waals surface area contributed by atoms with Crippen molar-refractivity contribution in [2.75, 3.05) is 13.2 Å². The molecule has 0 heterocycles. The van der Waals surface area contributed by atoms with Crippen LogP contribution in [0, 0.1) is 6.92 Å². The third-order valence-corrected chi connectivity index (χ3v) is 2.32. The Balaban J connectivity index is 2.66. The van der Waals surface area contributed by atoms with Crippen molar-refractivity contribution >= 4 is 0 Å². The van der Waals surface area contributed by atoms with E-state index >= 15 is 0 Å². The number of benzene rings is 1. The van der Waals surface area contributed by atoms with Crippen LogP contribution in [0.5, 0.6) is 5.75 Å². The Morgan fingerprint density at radius 1 is 1.35 bits per heavy atom. The van der Waals surface area contributed by atoms with Crippen LogP contribution in [0.25, 0.3) is 0 Å². The number of halogens is 2. The van der Waals surface area contributed by atoms with Crippen LogP contribution in [-0.2, 0) is 6.54 Å². The predicted molar refractivity (Wildman–Crippen MR) is 64.7 cm³/mol. The second kappa shape index (κ2) is 7.22. The zero-order valence-corrected chi connectivity index (χ0v) is 10.3. The zero-order valence-electron chi connectivity index (χ0n) is 10.3. The molecule has 1 N–H and O–H groups in total. The zero-order chi connectivity index (χ0) is 12.7. The van der Waals surface area contributed by atoms with E-state index in [1.807, 2.05) is 19.1 Å². The van der Waals surface area contributed by atoms with Gasteiger partial charge < -0.3 is 10.1 Å². The molecule has 1 rings (SSSR count). The maximum atomic E-state index is 12.1. The van der Waals surface area contributed by atoms with Crippen LogP contribution in [-0.4, -0.2) is 19.6 Å². The highest BCUT2D eigenvalue weighted by Crippen LogP contribution is 2.20. The fraction of sp³-hybridized carbons (Fsp3) is 0.538. The van der Waals surface area contributed by atoms with Crippen molar-refractivity contribution in [3.63, 3.8) is 0 Å².